The Morgan fingerprint density at radius 2 is 2.00 bits per heavy atom. The molecule has 0 atom stereocenters. The van der Waals surface area contributed by atoms with Crippen molar-refractivity contribution >= 4 is 27.6 Å². The van der Waals surface area contributed by atoms with Crippen molar-refractivity contribution in [2.75, 3.05) is 12.4 Å². The quantitative estimate of drug-likeness (QED) is 0.473. The molecule has 0 amide bonds. The summed E-state index contributed by atoms with van der Waals surface area (Å²) in [6, 6.07) is 10.4. The number of halogens is 2. The molecule has 2 aromatic carbocycles. The molecule has 0 radical (unpaired) electrons. The van der Waals surface area contributed by atoms with Crippen LogP contribution in [-0.4, -0.2) is 31.4 Å². The van der Waals surface area contributed by atoms with E-state index in [1.807, 2.05) is 35.9 Å². The van der Waals surface area contributed by atoms with E-state index in [1.54, 1.807) is 37.3 Å². The predicted molar refractivity (Wildman–Crippen MR) is 112 cm³/mol. The van der Waals surface area contributed by atoms with Crippen LogP contribution in [0.15, 0.2) is 53.4 Å². The molecule has 2 aromatic heterocycles. The van der Waals surface area contributed by atoms with Crippen molar-refractivity contribution in [1.82, 2.24) is 24.3 Å². The SMILES string of the molecule is COc1cc(-c2nc(Nc3cc(Br)ccc3F)n(C)n2)ccc1-n1cnc(C)c1. The molecule has 0 spiro atoms. The van der Waals surface area contributed by atoms with Crippen molar-refractivity contribution in [3.05, 3.63) is 64.9 Å². The van der Waals surface area contributed by atoms with Crippen LogP contribution in [-0.2, 0) is 7.05 Å². The third kappa shape index (κ3) is 3.86. The zero-order valence-electron chi connectivity index (χ0n) is 16.0. The second-order valence-electron chi connectivity index (χ2n) is 6.44. The number of hydrogen-bond acceptors (Lipinski definition) is 5. The standard InChI is InChI=1S/C20H18BrFN6O/c1-12-10-28(11-23-12)17-7-4-13(8-18(17)29-3)19-25-20(27(2)26-19)24-16-9-14(21)5-6-15(16)22/h4-11H,1-3H3,(H,24,25,26). The fraction of sp³-hybridized carbons (Fsp3) is 0.150. The van der Waals surface area contributed by atoms with Gasteiger partial charge in [-0.25, -0.2) is 14.1 Å². The molecule has 2 heterocycles. The molecule has 9 heteroatoms. The first kappa shape index (κ1) is 19.1. The zero-order chi connectivity index (χ0) is 20.5. The van der Waals surface area contributed by atoms with Gasteiger partial charge in [0.15, 0.2) is 5.82 Å². The van der Waals surface area contributed by atoms with Crippen molar-refractivity contribution in [2.45, 2.75) is 6.92 Å². The van der Waals surface area contributed by atoms with E-state index in [-0.39, 0.29) is 5.82 Å². The van der Waals surface area contributed by atoms with Crippen LogP contribution < -0.4 is 10.1 Å². The molecule has 0 fully saturated rings. The van der Waals surface area contributed by atoms with Crippen LogP contribution in [0.5, 0.6) is 5.75 Å². The molecule has 4 aromatic rings. The van der Waals surface area contributed by atoms with Gasteiger partial charge < -0.3 is 14.6 Å². The molecule has 0 aliphatic carbocycles. The first-order chi connectivity index (χ1) is 13.9. The maximum Gasteiger partial charge on any atom is 0.226 e. The monoisotopic (exact) mass is 456 g/mol. The summed E-state index contributed by atoms with van der Waals surface area (Å²) in [6.07, 6.45) is 3.66. The van der Waals surface area contributed by atoms with E-state index in [1.165, 1.54) is 6.07 Å². The zero-order valence-corrected chi connectivity index (χ0v) is 17.6. The lowest BCUT2D eigenvalue weighted by Crippen LogP contribution is -2.01. The van der Waals surface area contributed by atoms with Gasteiger partial charge in [0.1, 0.15) is 11.6 Å². The van der Waals surface area contributed by atoms with Gasteiger partial charge in [-0.1, -0.05) is 15.9 Å². The van der Waals surface area contributed by atoms with Crippen molar-refractivity contribution in [2.24, 2.45) is 7.05 Å². The fourth-order valence-corrected chi connectivity index (χ4v) is 3.27. The van der Waals surface area contributed by atoms with Crippen LogP contribution in [0.4, 0.5) is 16.0 Å². The third-order valence-electron chi connectivity index (χ3n) is 4.37. The summed E-state index contributed by atoms with van der Waals surface area (Å²) in [7, 11) is 3.36. The number of methoxy groups -OCH3 is 1. The van der Waals surface area contributed by atoms with Gasteiger partial charge in [-0.15, -0.1) is 5.10 Å². The molecule has 4 rings (SSSR count). The van der Waals surface area contributed by atoms with E-state index in [2.05, 4.69) is 36.3 Å². The van der Waals surface area contributed by atoms with Crippen molar-refractivity contribution in [1.29, 1.82) is 0 Å². The van der Waals surface area contributed by atoms with Crippen molar-refractivity contribution in [3.63, 3.8) is 0 Å². The number of ether oxygens (including phenoxy) is 1. The molecule has 7 nitrogen and oxygen atoms in total. The molecule has 148 valence electrons. The summed E-state index contributed by atoms with van der Waals surface area (Å²) in [5, 5.41) is 7.43. The summed E-state index contributed by atoms with van der Waals surface area (Å²) < 4.78 is 23.8. The number of anilines is 2. The van der Waals surface area contributed by atoms with E-state index < -0.39 is 0 Å². The number of nitrogens with zero attached hydrogens (tertiary/aromatic N) is 5. The average Bonchev–Trinajstić information content (AvgIpc) is 3.30. The van der Waals surface area contributed by atoms with E-state index in [0.29, 0.717) is 23.2 Å². The Bertz CT molecular complexity index is 1190. The first-order valence-corrected chi connectivity index (χ1v) is 9.56. The highest BCUT2D eigenvalue weighted by atomic mass is 79.9. The minimum atomic E-state index is -0.376. The Morgan fingerprint density at radius 1 is 1.17 bits per heavy atom. The lowest BCUT2D eigenvalue weighted by atomic mass is 10.1. The topological polar surface area (TPSA) is 69.8 Å². The number of benzene rings is 2. The Balaban J connectivity index is 1.67. The van der Waals surface area contributed by atoms with Crippen LogP contribution in [0.3, 0.4) is 0 Å². The largest absolute Gasteiger partial charge is 0.495 e. The predicted octanol–water partition coefficient (Wildman–Crippen LogP) is 4.63. The summed E-state index contributed by atoms with van der Waals surface area (Å²) in [5.74, 6) is 1.21. The number of imidazole rings is 1. The minimum Gasteiger partial charge on any atom is -0.495 e. The number of rotatable bonds is 5. The van der Waals surface area contributed by atoms with Gasteiger partial charge >= 0.3 is 0 Å². The van der Waals surface area contributed by atoms with Gasteiger partial charge in [-0.3, -0.25) is 0 Å². The summed E-state index contributed by atoms with van der Waals surface area (Å²) in [6.45, 7) is 1.93. The second-order valence-corrected chi connectivity index (χ2v) is 7.36. The Morgan fingerprint density at radius 3 is 2.72 bits per heavy atom. The van der Waals surface area contributed by atoms with Gasteiger partial charge in [0.25, 0.3) is 0 Å². The molecular formula is C20H18BrFN6O. The lowest BCUT2D eigenvalue weighted by Gasteiger charge is -2.10. The van der Waals surface area contributed by atoms with E-state index in [4.69, 9.17) is 4.74 Å². The smallest absolute Gasteiger partial charge is 0.226 e. The minimum absolute atomic E-state index is 0.310. The van der Waals surface area contributed by atoms with E-state index >= 15 is 0 Å². The fourth-order valence-electron chi connectivity index (χ4n) is 2.91. The van der Waals surface area contributed by atoms with Gasteiger partial charge in [0.05, 0.1) is 30.5 Å². The molecule has 1 N–H and O–H groups in total. The Hall–Kier alpha value is -3.20. The molecule has 0 saturated carbocycles. The normalized spacial score (nSPS) is 10.9. The summed E-state index contributed by atoms with van der Waals surface area (Å²) >= 11 is 3.34. The van der Waals surface area contributed by atoms with Crippen LogP contribution in [0.25, 0.3) is 17.1 Å². The maximum absolute atomic E-state index is 14.1. The molecule has 0 saturated heterocycles. The summed E-state index contributed by atoms with van der Waals surface area (Å²) in [4.78, 5) is 8.77. The number of aromatic nitrogens is 5. The number of nitrogens with one attached hydrogen (secondary N) is 1. The van der Waals surface area contributed by atoms with Crippen molar-refractivity contribution < 1.29 is 9.13 Å². The highest BCUT2D eigenvalue weighted by Crippen LogP contribution is 2.30. The Labute approximate surface area is 175 Å². The highest BCUT2D eigenvalue weighted by molar-refractivity contribution is 9.10. The molecule has 0 aliphatic rings. The van der Waals surface area contributed by atoms with E-state index in [9.17, 15) is 4.39 Å². The highest BCUT2D eigenvalue weighted by Gasteiger charge is 2.14. The number of hydrogen-bond donors (Lipinski definition) is 1. The molecule has 29 heavy (non-hydrogen) atoms. The first-order valence-electron chi connectivity index (χ1n) is 8.77. The average molecular weight is 457 g/mol. The van der Waals surface area contributed by atoms with Crippen molar-refractivity contribution in [3.8, 4) is 22.8 Å². The van der Waals surface area contributed by atoms with Crippen LogP contribution >= 0.6 is 15.9 Å². The summed E-state index contributed by atoms with van der Waals surface area (Å²) in [5.41, 5.74) is 2.87. The maximum atomic E-state index is 14.1. The molecule has 0 unspecified atom stereocenters. The van der Waals surface area contributed by atoms with Crippen LogP contribution in [0.2, 0.25) is 0 Å². The second kappa shape index (κ2) is 7.67. The lowest BCUT2D eigenvalue weighted by molar-refractivity contribution is 0.413. The van der Waals surface area contributed by atoms with E-state index in [0.717, 1.165) is 21.4 Å². The van der Waals surface area contributed by atoms with Gasteiger partial charge in [0.2, 0.25) is 5.95 Å². The Kier molecular flexibility index (Phi) is 5.06. The van der Waals surface area contributed by atoms with Gasteiger partial charge in [-0.05, 0) is 43.3 Å². The third-order valence-corrected chi connectivity index (χ3v) is 4.86. The van der Waals surface area contributed by atoms with Crippen LogP contribution in [0, 0.1) is 12.7 Å². The molecule has 0 bridgehead atoms. The van der Waals surface area contributed by atoms with Crippen LogP contribution in [0.1, 0.15) is 5.69 Å². The molecule has 0 aliphatic heterocycles. The van der Waals surface area contributed by atoms with Gasteiger partial charge in [0, 0.05) is 23.3 Å². The number of aryl methyl sites for hydroxylation is 2. The van der Waals surface area contributed by atoms with Gasteiger partial charge in [-0.2, -0.15) is 4.98 Å². The molecular weight excluding hydrogens is 439 g/mol.